The molecule has 0 radical (unpaired) electrons. The molecule has 3 nitrogen and oxygen atoms in total. The van der Waals surface area contributed by atoms with Crippen LogP contribution in [0.1, 0.15) is 40.0 Å². The lowest BCUT2D eigenvalue weighted by molar-refractivity contribution is -0.131. The van der Waals surface area contributed by atoms with E-state index in [1.165, 1.54) is 6.42 Å². The second kappa shape index (κ2) is 3.78. The van der Waals surface area contributed by atoms with Gasteiger partial charge in [0.2, 0.25) is 5.91 Å². The molecule has 0 aromatic rings. The molecule has 0 aromatic heterocycles. The van der Waals surface area contributed by atoms with Gasteiger partial charge in [-0.05, 0) is 38.5 Å². The van der Waals surface area contributed by atoms with Crippen molar-refractivity contribution >= 4 is 5.91 Å². The zero-order chi connectivity index (χ0) is 11.1. The Morgan fingerprint density at radius 3 is 2.60 bits per heavy atom. The summed E-state index contributed by atoms with van der Waals surface area (Å²) in [5.74, 6) is 0.222. The molecule has 1 saturated carbocycles. The molecule has 1 saturated heterocycles. The summed E-state index contributed by atoms with van der Waals surface area (Å²) in [5.41, 5.74) is 0.408. The molecule has 1 aliphatic heterocycles. The average Bonchev–Trinajstić information content (AvgIpc) is 2.47. The summed E-state index contributed by atoms with van der Waals surface area (Å²) in [5, 5.41) is 0. The lowest BCUT2D eigenvalue weighted by Crippen LogP contribution is -2.45. The van der Waals surface area contributed by atoms with Gasteiger partial charge in [0, 0.05) is 20.0 Å². The minimum Gasteiger partial charge on any atom is -0.376 e. The van der Waals surface area contributed by atoms with Crippen LogP contribution in [-0.2, 0) is 9.53 Å². The average molecular weight is 211 g/mol. The Morgan fingerprint density at radius 2 is 2.13 bits per heavy atom. The summed E-state index contributed by atoms with van der Waals surface area (Å²) in [6.45, 7) is 7.74. The van der Waals surface area contributed by atoms with Crippen LogP contribution in [0.2, 0.25) is 0 Å². The predicted molar refractivity (Wildman–Crippen MR) is 58.5 cm³/mol. The van der Waals surface area contributed by atoms with Crippen LogP contribution in [0.25, 0.3) is 0 Å². The number of amides is 1. The Kier molecular flexibility index (Phi) is 2.75. The zero-order valence-electron chi connectivity index (χ0n) is 9.95. The van der Waals surface area contributed by atoms with Crippen molar-refractivity contribution in [2.45, 2.75) is 52.2 Å². The summed E-state index contributed by atoms with van der Waals surface area (Å²) in [6.07, 6.45) is 4.24. The molecule has 2 fully saturated rings. The number of carbonyl (C=O) groups excluding carboxylic acids is 1. The van der Waals surface area contributed by atoms with Crippen molar-refractivity contribution in [2.24, 2.45) is 5.41 Å². The second-order valence-corrected chi connectivity index (χ2v) is 5.41. The van der Waals surface area contributed by atoms with Crippen LogP contribution in [0.4, 0.5) is 0 Å². The fraction of sp³-hybridized carbons (Fsp3) is 0.917. The van der Waals surface area contributed by atoms with Gasteiger partial charge in [-0.1, -0.05) is 0 Å². The monoisotopic (exact) mass is 211 g/mol. The normalized spacial score (nSPS) is 34.9. The van der Waals surface area contributed by atoms with Crippen LogP contribution in [-0.4, -0.2) is 36.1 Å². The van der Waals surface area contributed by atoms with E-state index in [0.717, 1.165) is 25.9 Å². The van der Waals surface area contributed by atoms with Gasteiger partial charge in [-0.25, -0.2) is 0 Å². The molecule has 0 N–H and O–H groups in total. The van der Waals surface area contributed by atoms with Crippen LogP contribution < -0.4 is 0 Å². The lowest BCUT2D eigenvalue weighted by Gasteiger charge is -2.45. The van der Waals surface area contributed by atoms with Gasteiger partial charge in [0.15, 0.2) is 0 Å². The lowest BCUT2D eigenvalue weighted by atomic mass is 9.66. The Balaban J connectivity index is 1.81. The largest absolute Gasteiger partial charge is 0.376 e. The molecule has 1 spiro atoms. The number of carbonyl (C=O) groups is 1. The van der Waals surface area contributed by atoms with Crippen molar-refractivity contribution in [3.05, 3.63) is 0 Å². The highest BCUT2D eigenvalue weighted by Gasteiger charge is 2.49. The van der Waals surface area contributed by atoms with E-state index in [2.05, 4.69) is 13.8 Å². The Bertz CT molecular complexity index is 256. The van der Waals surface area contributed by atoms with Gasteiger partial charge in [-0.3, -0.25) is 4.79 Å². The second-order valence-electron chi connectivity index (χ2n) is 5.41. The summed E-state index contributed by atoms with van der Waals surface area (Å²) in [7, 11) is 0. The first-order chi connectivity index (χ1) is 7.01. The Labute approximate surface area is 91.8 Å². The molecule has 0 aromatic carbocycles. The van der Waals surface area contributed by atoms with Crippen molar-refractivity contribution in [2.75, 3.05) is 13.1 Å². The molecule has 1 aliphatic carbocycles. The van der Waals surface area contributed by atoms with Gasteiger partial charge in [-0.15, -0.1) is 0 Å². The molecule has 86 valence electrons. The molecule has 1 amide bonds. The topological polar surface area (TPSA) is 29.5 Å². The van der Waals surface area contributed by atoms with Crippen molar-refractivity contribution < 1.29 is 9.53 Å². The van der Waals surface area contributed by atoms with E-state index in [4.69, 9.17) is 4.74 Å². The molecule has 2 aliphatic rings. The Hall–Kier alpha value is -0.570. The molecule has 0 atom stereocenters. The minimum atomic E-state index is 0.222. The molecule has 15 heavy (non-hydrogen) atoms. The highest BCUT2D eigenvalue weighted by atomic mass is 16.5. The van der Waals surface area contributed by atoms with Crippen LogP contribution in [0.15, 0.2) is 0 Å². The summed E-state index contributed by atoms with van der Waals surface area (Å²) >= 11 is 0. The highest BCUT2D eigenvalue weighted by Crippen LogP contribution is 2.49. The molecular weight excluding hydrogens is 190 g/mol. The van der Waals surface area contributed by atoms with Crippen molar-refractivity contribution in [1.82, 2.24) is 4.90 Å². The van der Waals surface area contributed by atoms with Gasteiger partial charge >= 0.3 is 0 Å². The third-order valence-corrected chi connectivity index (χ3v) is 3.67. The van der Waals surface area contributed by atoms with Crippen LogP contribution in [0, 0.1) is 5.41 Å². The van der Waals surface area contributed by atoms with E-state index in [1.807, 2.05) is 4.90 Å². The number of likely N-dealkylation sites (tertiary alicyclic amines) is 1. The molecule has 3 heteroatoms. The molecular formula is C12H21NO2. The van der Waals surface area contributed by atoms with Gasteiger partial charge < -0.3 is 9.64 Å². The molecule has 2 rings (SSSR count). The van der Waals surface area contributed by atoms with E-state index in [0.29, 0.717) is 17.6 Å². The predicted octanol–water partition coefficient (Wildman–Crippen LogP) is 1.81. The van der Waals surface area contributed by atoms with Crippen LogP contribution >= 0.6 is 0 Å². The van der Waals surface area contributed by atoms with Gasteiger partial charge in [-0.2, -0.15) is 0 Å². The summed E-state index contributed by atoms with van der Waals surface area (Å²) < 4.78 is 5.77. The van der Waals surface area contributed by atoms with Gasteiger partial charge in [0.25, 0.3) is 0 Å². The van der Waals surface area contributed by atoms with Gasteiger partial charge in [0.05, 0.1) is 12.2 Å². The van der Waals surface area contributed by atoms with E-state index in [1.54, 1.807) is 6.92 Å². The fourth-order valence-electron chi connectivity index (χ4n) is 2.92. The third-order valence-electron chi connectivity index (χ3n) is 3.67. The maximum atomic E-state index is 11.2. The van der Waals surface area contributed by atoms with E-state index in [-0.39, 0.29) is 5.91 Å². The maximum absolute atomic E-state index is 11.2. The van der Waals surface area contributed by atoms with E-state index in [9.17, 15) is 4.79 Å². The first-order valence-corrected chi connectivity index (χ1v) is 5.92. The van der Waals surface area contributed by atoms with Crippen LogP contribution in [0.3, 0.4) is 0 Å². The number of nitrogens with zero attached hydrogens (tertiary/aromatic N) is 1. The van der Waals surface area contributed by atoms with Crippen LogP contribution in [0.5, 0.6) is 0 Å². The smallest absolute Gasteiger partial charge is 0.219 e. The maximum Gasteiger partial charge on any atom is 0.219 e. The summed E-state index contributed by atoms with van der Waals surface area (Å²) in [6, 6.07) is 0. The fourth-order valence-corrected chi connectivity index (χ4v) is 2.92. The van der Waals surface area contributed by atoms with E-state index >= 15 is 0 Å². The molecule has 0 bridgehead atoms. The number of hydrogen-bond acceptors (Lipinski definition) is 2. The SMILES string of the molecule is CC(=O)N1CCC2(CC(OC(C)C)C2)C1. The standard InChI is InChI=1S/C12H21NO2/c1-9(2)15-11-6-12(7-11)4-5-13(8-12)10(3)14/h9,11H,4-8H2,1-3H3. The number of hydrogen-bond donors (Lipinski definition) is 0. The van der Waals surface area contributed by atoms with Crippen molar-refractivity contribution in [3.63, 3.8) is 0 Å². The third kappa shape index (κ3) is 2.17. The molecule has 1 heterocycles. The van der Waals surface area contributed by atoms with Gasteiger partial charge in [0.1, 0.15) is 0 Å². The molecule has 0 unspecified atom stereocenters. The zero-order valence-corrected chi connectivity index (χ0v) is 9.95. The Morgan fingerprint density at radius 1 is 1.47 bits per heavy atom. The number of ether oxygens (including phenoxy) is 1. The minimum absolute atomic E-state index is 0.222. The van der Waals surface area contributed by atoms with Crippen molar-refractivity contribution in [1.29, 1.82) is 0 Å². The van der Waals surface area contributed by atoms with Crippen molar-refractivity contribution in [3.8, 4) is 0 Å². The summed E-state index contributed by atoms with van der Waals surface area (Å²) in [4.78, 5) is 13.2. The quantitative estimate of drug-likeness (QED) is 0.697. The first-order valence-electron chi connectivity index (χ1n) is 5.92. The van der Waals surface area contributed by atoms with E-state index < -0.39 is 0 Å². The first kappa shape index (κ1) is 10.9. The highest BCUT2D eigenvalue weighted by molar-refractivity contribution is 5.73. The number of rotatable bonds is 2.